The number of rotatable bonds is 4. The third-order valence-corrected chi connectivity index (χ3v) is 5.06. The van der Waals surface area contributed by atoms with Crippen molar-refractivity contribution in [2.45, 2.75) is 24.2 Å². The van der Waals surface area contributed by atoms with Crippen molar-refractivity contribution in [1.82, 2.24) is 5.16 Å². The molecule has 0 radical (unpaired) electrons. The van der Waals surface area contributed by atoms with E-state index in [-0.39, 0.29) is 5.76 Å². The Morgan fingerprint density at radius 3 is 2.94 bits per heavy atom. The molecule has 0 N–H and O–H groups in total. The zero-order valence-electron chi connectivity index (χ0n) is 9.47. The van der Waals surface area contributed by atoms with Gasteiger partial charge in [0.15, 0.2) is 11.9 Å². The number of alkyl halides is 1. The number of thiophene rings is 1. The van der Waals surface area contributed by atoms with Gasteiger partial charge in [-0.05, 0) is 19.1 Å². The summed E-state index contributed by atoms with van der Waals surface area (Å²) in [5.41, 5.74) is 0.592. The van der Waals surface area contributed by atoms with Crippen molar-refractivity contribution in [3.8, 4) is 10.6 Å². The van der Waals surface area contributed by atoms with E-state index in [0.717, 1.165) is 9.09 Å². The van der Waals surface area contributed by atoms with Gasteiger partial charge in [0.25, 0.3) is 0 Å². The molecule has 0 amide bonds. The van der Waals surface area contributed by atoms with Crippen molar-refractivity contribution in [2.75, 3.05) is 5.75 Å². The molecule has 0 saturated heterocycles. The van der Waals surface area contributed by atoms with Crippen LogP contribution in [0.25, 0.3) is 10.6 Å². The van der Waals surface area contributed by atoms with E-state index in [2.05, 4.69) is 5.16 Å². The van der Waals surface area contributed by atoms with E-state index in [1.54, 1.807) is 6.07 Å². The number of halogens is 1. The molecule has 0 bridgehead atoms. The van der Waals surface area contributed by atoms with Crippen LogP contribution in [0.15, 0.2) is 26.9 Å². The Morgan fingerprint density at radius 1 is 1.59 bits per heavy atom. The Bertz CT molecular complexity index is 533. The van der Waals surface area contributed by atoms with Crippen molar-refractivity contribution < 1.29 is 13.1 Å². The lowest BCUT2D eigenvalue weighted by Gasteiger charge is -1.91. The molecular formula is C11H12FNO2S2. The highest BCUT2D eigenvalue weighted by atomic mass is 32.2. The van der Waals surface area contributed by atoms with Crippen LogP contribution in [0.5, 0.6) is 0 Å². The van der Waals surface area contributed by atoms with Crippen LogP contribution in [-0.2, 0) is 10.8 Å². The topological polar surface area (TPSA) is 43.1 Å². The summed E-state index contributed by atoms with van der Waals surface area (Å²) in [6.07, 6.45) is -1.17. The predicted octanol–water partition coefficient (Wildman–Crippen LogP) is 3.56. The molecule has 92 valence electrons. The van der Waals surface area contributed by atoms with Crippen LogP contribution in [-0.4, -0.2) is 15.1 Å². The van der Waals surface area contributed by atoms with Gasteiger partial charge in [-0.25, -0.2) is 4.39 Å². The Kier molecular flexibility index (Phi) is 3.73. The summed E-state index contributed by atoms with van der Waals surface area (Å²) < 4.78 is 30.2. The zero-order valence-corrected chi connectivity index (χ0v) is 11.1. The quantitative estimate of drug-likeness (QED) is 0.855. The second-order valence-corrected chi connectivity index (χ2v) is 6.53. The van der Waals surface area contributed by atoms with Gasteiger partial charge in [-0.15, -0.1) is 11.3 Å². The molecule has 0 aliphatic heterocycles. The maximum absolute atomic E-state index is 13.0. The van der Waals surface area contributed by atoms with E-state index in [0.29, 0.717) is 11.4 Å². The summed E-state index contributed by atoms with van der Waals surface area (Å²) in [5.74, 6) is 0.803. The SMILES string of the molecule is CCS(=O)c1ccc(-c2cc(C(C)F)on2)s1. The minimum atomic E-state index is -1.17. The molecule has 0 spiro atoms. The van der Waals surface area contributed by atoms with Gasteiger partial charge in [0.05, 0.1) is 19.9 Å². The normalized spacial score (nSPS) is 14.8. The van der Waals surface area contributed by atoms with Crippen molar-refractivity contribution in [2.24, 2.45) is 0 Å². The third kappa shape index (κ3) is 2.63. The van der Waals surface area contributed by atoms with Crippen LogP contribution in [0.2, 0.25) is 0 Å². The van der Waals surface area contributed by atoms with E-state index < -0.39 is 17.0 Å². The first-order valence-electron chi connectivity index (χ1n) is 5.21. The van der Waals surface area contributed by atoms with Gasteiger partial charge in [-0.1, -0.05) is 12.1 Å². The van der Waals surface area contributed by atoms with E-state index in [1.807, 2.05) is 19.1 Å². The molecule has 3 nitrogen and oxygen atoms in total. The summed E-state index contributed by atoms with van der Waals surface area (Å²) in [6.45, 7) is 3.27. The summed E-state index contributed by atoms with van der Waals surface area (Å²) in [7, 11) is -0.959. The molecule has 17 heavy (non-hydrogen) atoms. The molecule has 2 unspecified atom stereocenters. The Balaban J connectivity index is 2.27. The third-order valence-electron chi connectivity index (χ3n) is 2.24. The molecule has 0 saturated carbocycles. The highest BCUT2D eigenvalue weighted by Gasteiger charge is 2.14. The van der Waals surface area contributed by atoms with E-state index in [1.165, 1.54) is 18.3 Å². The molecule has 2 aromatic heterocycles. The maximum atomic E-state index is 13.0. The van der Waals surface area contributed by atoms with Gasteiger partial charge < -0.3 is 4.52 Å². The highest BCUT2D eigenvalue weighted by molar-refractivity contribution is 7.87. The van der Waals surface area contributed by atoms with E-state index in [9.17, 15) is 8.60 Å². The predicted molar refractivity (Wildman–Crippen MR) is 66.3 cm³/mol. The van der Waals surface area contributed by atoms with Gasteiger partial charge in [0, 0.05) is 11.8 Å². The smallest absolute Gasteiger partial charge is 0.171 e. The lowest BCUT2D eigenvalue weighted by Crippen LogP contribution is -1.88. The molecular weight excluding hydrogens is 261 g/mol. The minimum absolute atomic E-state index is 0.214. The van der Waals surface area contributed by atoms with Gasteiger partial charge in [-0.3, -0.25) is 4.21 Å². The van der Waals surface area contributed by atoms with E-state index in [4.69, 9.17) is 4.52 Å². The van der Waals surface area contributed by atoms with Crippen molar-refractivity contribution in [1.29, 1.82) is 0 Å². The largest absolute Gasteiger partial charge is 0.358 e. The molecule has 2 rings (SSSR count). The molecule has 2 aromatic rings. The Labute approximate surface area is 105 Å². The van der Waals surface area contributed by atoms with Gasteiger partial charge in [0.2, 0.25) is 0 Å². The summed E-state index contributed by atoms with van der Waals surface area (Å²) >= 11 is 1.40. The minimum Gasteiger partial charge on any atom is -0.358 e. The van der Waals surface area contributed by atoms with Crippen LogP contribution in [0.4, 0.5) is 4.39 Å². The first-order valence-corrected chi connectivity index (χ1v) is 7.34. The summed E-state index contributed by atoms with van der Waals surface area (Å²) in [6, 6.07) is 5.22. The van der Waals surface area contributed by atoms with Crippen LogP contribution in [0.1, 0.15) is 25.8 Å². The van der Waals surface area contributed by atoms with E-state index >= 15 is 0 Å². The lowest BCUT2D eigenvalue weighted by molar-refractivity contribution is 0.274. The fourth-order valence-corrected chi connectivity index (χ4v) is 3.50. The highest BCUT2D eigenvalue weighted by Crippen LogP contribution is 2.31. The van der Waals surface area contributed by atoms with Crippen LogP contribution in [0, 0.1) is 0 Å². The summed E-state index contributed by atoms with van der Waals surface area (Å²) in [4.78, 5) is 0.845. The van der Waals surface area contributed by atoms with Crippen LogP contribution < -0.4 is 0 Å². The molecule has 6 heteroatoms. The van der Waals surface area contributed by atoms with Crippen molar-refractivity contribution in [3.63, 3.8) is 0 Å². The average Bonchev–Trinajstić information content (AvgIpc) is 2.95. The standard InChI is InChI=1S/C11H12FNO2S2/c1-3-17(14)11-5-4-10(16-11)8-6-9(7(2)12)15-13-8/h4-7H,3H2,1-2H3. The van der Waals surface area contributed by atoms with Crippen LogP contribution in [0.3, 0.4) is 0 Å². The first-order chi connectivity index (χ1) is 8.11. The first kappa shape index (κ1) is 12.4. The fraction of sp³-hybridized carbons (Fsp3) is 0.364. The fourth-order valence-electron chi connectivity index (χ4n) is 1.32. The zero-order chi connectivity index (χ0) is 12.4. The monoisotopic (exact) mass is 273 g/mol. The Morgan fingerprint density at radius 2 is 2.35 bits per heavy atom. The number of hydrogen-bond acceptors (Lipinski definition) is 4. The van der Waals surface area contributed by atoms with Gasteiger partial charge in [0.1, 0.15) is 5.69 Å². The number of aromatic nitrogens is 1. The molecule has 0 aromatic carbocycles. The summed E-state index contributed by atoms with van der Waals surface area (Å²) in [5, 5.41) is 3.80. The lowest BCUT2D eigenvalue weighted by atomic mass is 10.3. The molecule has 0 fully saturated rings. The number of nitrogens with zero attached hydrogens (tertiary/aromatic N) is 1. The molecule has 2 atom stereocenters. The van der Waals surface area contributed by atoms with Crippen molar-refractivity contribution in [3.05, 3.63) is 24.0 Å². The Hall–Kier alpha value is -1.01. The molecule has 0 aliphatic rings. The van der Waals surface area contributed by atoms with Gasteiger partial charge in [-0.2, -0.15) is 0 Å². The number of hydrogen-bond donors (Lipinski definition) is 0. The second-order valence-electron chi connectivity index (χ2n) is 3.48. The van der Waals surface area contributed by atoms with Crippen LogP contribution >= 0.6 is 11.3 Å². The maximum Gasteiger partial charge on any atom is 0.171 e. The molecule has 0 aliphatic carbocycles. The van der Waals surface area contributed by atoms with Gasteiger partial charge >= 0.3 is 0 Å². The van der Waals surface area contributed by atoms with Crippen molar-refractivity contribution >= 4 is 22.1 Å². The average molecular weight is 273 g/mol. The second kappa shape index (κ2) is 5.10. The molecule has 2 heterocycles.